The highest BCUT2D eigenvalue weighted by molar-refractivity contribution is 5.96. The molecule has 0 radical (unpaired) electrons. The van der Waals surface area contributed by atoms with Crippen LogP contribution in [0.25, 0.3) is 0 Å². The Balaban J connectivity index is 0.00000180. The number of carbonyl (C=O) groups is 1. The van der Waals surface area contributed by atoms with Gasteiger partial charge in [-0.15, -0.1) is 12.4 Å². The minimum Gasteiger partial charge on any atom is -0.334 e. The molecule has 0 saturated carbocycles. The van der Waals surface area contributed by atoms with Crippen molar-refractivity contribution >= 4 is 18.3 Å². The van der Waals surface area contributed by atoms with Crippen molar-refractivity contribution in [2.75, 3.05) is 20.1 Å². The molecule has 1 saturated heterocycles. The molecule has 3 nitrogen and oxygen atoms in total. The van der Waals surface area contributed by atoms with E-state index in [1.165, 1.54) is 0 Å². The molecule has 106 valence electrons. The Labute approximate surface area is 121 Å². The van der Waals surface area contributed by atoms with Crippen molar-refractivity contribution < 1.29 is 4.79 Å². The molecule has 1 aromatic rings. The van der Waals surface area contributed by atoms with Gasteiger partial charge in [-0.1, -0.05) is 17.7 Å². The molecule has 2 rings (SSSR count). The van der Waals surface area contributed by atoms with Crippen molar-refractivity contribution in [2.45, 2.75) is 32.7 Å². The summed E-state index contributed by atoms with van der Waals surface area (Å²) in [6.45, 7) is 5.82. The van der Waals surface area contributed by atoms with Gasteiger partial charge in [-0.25, -0.2) is 0 Å². The molecular weight excluding hydrogens is 260 g/mol. The molecular formula is C15H23ClN2O. The number of halogens is 1. The summed E-state index contributed by atoms with van der Waals surface area (Å²) in [5, 5.41) is 3.18. The van der Waals surface area contributed by atoms with Crippen LogP contribution < -0.4 is 5.32 Å². The minimum atomic E-state index is 0. The summed E-state index contributed by atoms with van der Waals surface area (Å²) >= 11 is 0. The Kier molecular flexibility index (Phi) is 5.83. The maximum absolute atomic E-state index is 12.6. The average molecular weight is 283 g/mol. The van der Waals surface area contributed by atoms with E-state index in [2.05, 4.69) is 11.4 Å². The molecule has 1 fully saturated rings. The van der Waals surface area contributed by atoms with Crippen molar-refractivity contribution in [3.8, 4) is 0 Å². The van der Waals surface area contributed by atoms with Gasteiger partial charge in [0.25, 0.3) is 5.91 Å². The first-order chi connectivity index (χ1) is 8.63. The van der Waals surface area contributed by atoms with E-state index in [-0.39, 0.29) is 18.3 Å². The fraction of sp³-hybridized carbons (Fsp3) is 0.533. The molecule has 1 N–H and O–H groups in total. The van der Waals surface area contributed by atoms with E-state index >= 15 is 0 Å². The van der Waals surface area contributed by atoms with Gasteiger partial charge in [-0.2, -0.15) is 0 Å². The molecule has 0 aromatic heterocycles. The van der Waals surface area contributed by atoms with Crippen LogP contribution in [0.5, 0.6) is 0 Å². The number of hydrogen-bond donors (Lipinski definition) is 1. The van der Waals surface area contributed by atoms with Crippen LogP contribution >= 0.6 is 12.4 Å². The van der Waals surface area contributed by atoms with E-state index in [0.717, 1.165) is 42.6 Å². The van der Waals surface area contributed by atoms with Crippen molar-refractivity contribution in [2.24, 2.45) is 0 Å². The Morgan fingerprint density at radius 1 is 1.42 bits per heavy atom. The number of carbonyl (C=O) groups excluding carboxylic acids is 1. The fourth-order valence-corrected chi connectivity index (χ4v) is 2.67. The smallest absolute Gasteiger partial charge is 0.254 e. The van der Waals surface area contributed by atoms with Crippen LogP contribution in [-0.2, 0) is 0 Å². The summed E-state index contributed by atoms with van der Waals surface area (Å²) in [4.78, 5) is 14.6. The quantitative estimate of drug-likeness (QED) is 0.924. The second-order valence-electron chi connectivity index (χ2n) is 5.17. The van der Waals surface area contributed by atoms with Gasteiger partial charge >= 0.3 is 0 Å². The number of rotatable bonds is 3. The molecule has 1 aliphatic rings. The second-order valence-corrected chi connectivity index (χ2v) is 5.17. The maximum atomic E-state index is 12.6. The van der Waals surface area contributed by atoms with Crippen LogP contribution in [0.15, 0.2) is 18.2 Å². The topological polar surface area (TPSA) is 32.3 Å². The summed E-state index contributed by atoms with van der Waals surface area (Å²) in [5.74, 6) is 0.189. The fourth-order valence-electron chi connectivity index (χ4n) is 2.67. The highest BCUT2D eigenvalue weighted by Gasteiger charge is 2.29. The van der Waals surface area contributed by atoms with E-state index in [9.17, 15) is 4.79 Å². The molecule has 1 aliphatic heterocycles. The normalized spacial score (nSPS) is 18.3. The standard InChI is InChI=1S/C15H22N2O.ClH/c1-11-6-7-12(2)14(9-11)15(18)17-8-4-5-13(17)10-16-3;/h6-7,9,13,16H,4-5,8,10H2,1-3H3;1H. The van der Waals surface area contributed by atoms with Crippen molar-refractivity contribution in [3.05, 3.63) is 34.9 Å². The number of benzene rings is 1. The number of nitrogens with zero attached hydrogens (tertiary/aromatic N) is 1. The molecule has 0 spiro atoms. The number of nitrogens with one attached hydrogen (secondary N) is 1. The highest BCUT2D eigenvalue weighted by Crippen LogP contribution is 2.21. The van der Waals surface area contributed by atoms with Crippen molar-refractivity contribution in [3.63, 3.8) is 0 Å². The van der Waals surface area contributed by atoms with Crippen LogP contribution in [-0.4, -0.2) is 37.0 Å². The lowest BCUT2D eigenvalue weighted by molar-refractivity contribution is 0.0736. The molecule has 4 heteroatoms. The molecule has 0 aliphatic carbocycles. The van der Waals surface area contributed by atoms with Crippen molar-refractivity contribution in [1.29, 1.82) is 0 Å². The largest absolute Gasteiger partial charge is 0.334 e. The van der Waals surface area contributed by atoms with Gasteiger partial charge in [0, 0.05) is 24.7 Å². The van der Waals surface area contributed by atoms with Crippen LogP contribution in [0.2, 0.25) is 0 Å². The van der Waals surface area contributed by atoms with E-state index in [1.54, 1.807) is 0 Å². The van der Waals surface area contributed by atoms with Gasteiger partial charge in [-0.05, 0) is 45.4 Å². The number of aryl methyl sites for hydroxylation is 2. The zero-order valence-corrected chi connectivity index (χ0v) is 12.7. The van der Waals surface area contributed by atoms with Gasteiger partial charge in [0.15, 0.2) is 0 Å². The number of likely N-dealkylation sites (tertiary alicyclic amines) is 1. The Morgan fingerprint density at radius 3 is 2.84 bits per heavy atom. The lowest BCUT2D eigenvalue weighted by atomic mass is 10.0. The Morgan fingerprint density at radius 2 is 2.16 bits per heavy atom. The summed E-state index contributed by atoms with van der Waals surface area (Å²) in [5.41, 5.74) is 3.08. The zero-order chi connectivity index (χ0) is 13.1. The Hall–Kier alpha value is -1.06. The predicted octanol–water partition coefficient (Wildman–Crippen LogP) is 2.55. The summed E-state index contributed by atoms with van der Waals surface area (Å²) < 4.78 is 0. The molecule has 1 unspecified atom stereocenters. The Bertz CT molecular complexity index is 448. The van der Waals surface area contributed by atoms with Gasteiger partial charge < -0.3 is 10.2 Å². The zero-order valence-electron chi connectivity index (χ0n) is 11.9. The highest BCUT2D eigenvalue weighted by atomic mass is 35.5. The minimum absolute atomic E-state index is 0. The lowest BCUT2D eigenvalue weighted by Crippen LogP contribution is -2.41. The summed E-state index contributed by atoms with van der Waals surface area (Å²) in [6.07, 6.45) is 2.22. The van der Waals surface area contributed by atoms with E-state index in [0.29, 0.717) is 6.04 Å². The first-order valence-electron chi connectivity index (χ1n) is 6.66. The second kappa shape index (κ2) is 6.92. The molecule has 1 atom stereocenters. The number of hydrogen-bond acceptors (Lipinski definition) is 2. The first-order valence-corrected chi connectivity index (χ1v) is 6.66. The van der Waals surface area contributed by atoms with E-state index in [1.807, 2.05) is 37.9 Å². The molecule has 0 bridgehead atoms. The summed E-state index contributed by atoms with van der Waals surface area (Å²) in [6, 6.07) is 6.45. The van der Waals surface area contributed by atoms with Crippen LogP contribution in [0.1, 0.15) is 34.3 Å². The van der Waals surface area contributed by atoms with Crippen LogP contribution in [0.4, 0.5) is 0 Å². The summed E-state index contributed by atoms with van der Waals surface area (Å²) in [7, 11) is 1.94. The van der Waals surface area contributed by atoms with Gasteiger partial charge in [-0.3, -0.25) is 4.79 Å². The number of amides is 1. The van der Waals surface area contributed by atoms with E-state index < -0.39 is 0 Å². The molecule has 1 amide bonds. The molecule has 19 heavy (non-hydrogen) atoms. The van der Waals surface area contributed by atoms with Gasteiger partial charge in [0.1, 0.15) is 0 Å². The molecule has 1 heterocycles. The van der Waals surface area contributed by atoms with Crippen LogP contribution in [0, 0.1) is 13.8 Å². The van der Waals surface area contributed by atoms with Crippen LogP contribution in [0.3, 0.4) is 0 Å². The molecule has 1 aromatic carbocycles. The van der Waals surface area contributed by atoms with Crippen molar-refractivity contribution in [1.82, 2.24) is 10.2 Å². The lowest BCUT2D eigenvalue weighted by Gasteiger charge is -2.25. The van der Waals surface area contributed by atoms with Gasteiger partial charge in [0.05, 0.1) is 0 Å². The predicted molar refractivity (Wildman–Crippen MR) is 81.1 cm³/mol. The number of likely N-dealkylation sites (N-methyl/N-ethyl adjacent to an activating group) is 1. The first kappa shape index (κ1) is 16.0. The van der Waals surface area contributed by atoms with E-state index in [4.69, 9.17) is 0 Å². The SMILES string of the molecule is CNCC1CCCN1C(=O)c1cc(C)ccc1C.Cl. The third-order valence-corrected chi connectivity index (χ3v) is 3.70. The third kappa shape index (κ3) is 3.48. The monoisotopic (exact) mass is 282 g/mol. The third-order valence-electron chi connectivity index (χ3n) is 3.70. The van der Waals surface area contributed by atoms with Gasteiger partial charge in [0.2, 0.25) is 0 Å². The maximum Gasteiger partial charge on any atom is 0.254 e. The average Bonchev–Trinajstić information content (AvgIpc) is 2.80.